The molecule has 0 bridgehead atoms. The third kappa shape index (κ3) is 4.51. The average molecular weight is 521 g/mol. The van der Waals surface area contributed by atoms with E-state index in [1.54, 1.807) is 24.4 Å². The van der Waals surface area contributed by atoms with Gasteiger partial charge in [0.1, 0.15) is 11.2 Å². The SMILES string of the molecule is O=C(NCCCC1CCN(C(=O)c2cc3ccc(Cl)cc3o2)CC1)C1=Cc2cnc3cccc(n23)S1. The van der Waals surface area contributed by atoms with Crippen LogP contribution in [0.1, 0.15) is 41.9 Å². The number of thioether (sulfide) groups is 1. The number of fused-ring (bicyclic) bond motifs is 1. The molecule has 0 atom stereocenters. The number of pyridine rings is 1. The van der Waals surface area contributed by atoms with Gasteiger partial charge in [-0.05, 0) is 68.0 Å². The molecule has 2 aliphatic heterocycles. The van der Waals surface area contributed by atoms with E-state index >= 15 is 0 Å². The number of piperidine rings is 1. The van der Waals surface area contributed by atoms with Crippen molar-refractivity contribution in [2.75, 3.05) is 19.6 Å². The summed E-state index contributed by atoms with van der Waals surface area (Å²) < 4.78 is 7.80. The van der Waals surface area contributed by atoms with Gasteiger partial charge in [-0.15, -0.1) is 0 Å². The van der Waals surface area contributed by atoms with Crippen LogP contribution in [0.4, 0.5) is 0 Å². The first-order valence-corrected chi connectivity index (χ1v) is 13.4. The largest absolute Gasteiger partial charge is 0.451 e. The zero-order valence-electron chi connectivity index (χ0n) is 19.6. The van der Waals surface area contributed by atoms with E-state index in [2.05, 4.69) is 14.7 Å². The molecule has 36 heavy (non-hydrogen) atoms. The molecule has 2 aliphatic rings. The van der Waals surface area contributed by atoms with E-state index in [1.807, 2.05) is 35.2 Å². The molecule has 0 saturated carbocycles. The summed E-state index contributed by atoms with van der Waals surface area (Å²) in [5.74, 6) is 0.804. The van der Waals surface area contributed by atoms with Crippen molar-refractivity contribution in [1.29, 1.82) is 0 Å². The molecule has 1 fully saturated rings. The van der Waals surface area contributed by atoms with E-state index < -0.39 is 0 Å². The van der Waals surface area contributed by atoms with Crippen LogP contribution in [0.25, 0.3) is 22.7 Å². The number of rotatable bonds is 6. The van der Waals surface area contributed by atoms with Crippen LogP contribution in [-0.2, 0) is 4.79 Å². The van der Waals surface area contributed by atoms with Crippen LogP contribution in [0.15, 0.2) is 63.0 Å². The van der Waals surface area contributed by atoms with Crippen LogP contribution in [0.2, 0.25) is 5.02 Å². The molecule has 0 radical (unpaired) electrons. The van der Waals surface area contributed by atoms with Gasteiger partial charge in [-0.1, -0.05) is 29.4 Å². The maximum atomic E-state index is 12.9. The van der Waals surface area contributed by atoms with Gasteiger partial charge in [-0.3, -0.25) is 14.0 Å². The van der Waals surface area contributed by atoms with Crippen molar-refractivity contribution in [3.63, 3.8) is 0 Å². The molecule has 184 valence electrons. The maximum absolute atomic E-state index is 12.9. The first-order valence-electron chi connectivity index (χ1n) is 12.2. The van der Waals surface area contributed by atoms with Crippen molar-refractivity contribution >= 4 is 57.9 Å². The molecule has 0 unspecified atom stereocenters. The Bertz CT molecular complexity index is 1500. The van der Waals surface area contributed by atoms with E-state index in [9.17, 15) is 9.59 Å². The first-order chi connectivity index (χ1) is 17.5. The van der Waals surface area contributed by atoms with Crippen molar-refractivity contribution < 1.29 is 14.0 Å². The third-order valence-corrected chi connectivity index (χ3v) is 8.19. The van der Waals surface area contributed by atoms with Crippen molar-refractivity contribution in [3.8, 4) is 0 Å². The predicted molar refractivity (Wildman–Crippen MR) is 141 cm³/mol. The average Bonchev–Trinajstić information content (AvgIpc) is 3.51. The van der Waals surface area contributed by atoms with Gasteiger partial charge in [0.05, 0.1) is 21.8 Å². The van der Waals surface area contributed by atoms with Gasteiger partial charge in [-0.25, -0.2) is 4.98 Å². The molecule has 4 aromatic rings. The molecule has 5 heterocycles. The number of carbonyl (C=O) groups excluding carboxylic acids is 2. The van der Waals surface area contributed by atoms with E-state index in [1.165, 1.54) is 11.8 Å². The lowest BCUT2D eigenvalue weighted by molar-refractivity contribution is -0.116. The quantitative estimate of drug-likeness (QED) is 0.333. The lowest BCUT2D eigenvalue weighted by Gasteiger charge is -2.31. The Kier molecular flexibility index (Phi) is 6.23. The van der Waals surface area contributed by atoms with Gasteiger partial charge in [0, 0.05) is 36.1 Å². The molecule has 3 aromatic heterocycles. The topological polar surface area (TPSA) is 79.8 Å². The van der Waals surface area contributed by atoms with E-state index in [0.29, 0.717) is 33.7 Å². The van der Waals surface area contributed by atoms with Crippen LogP contribution in [-0.4, -0.2) is 45.7 Å². The van der Waals surface area contributed by atoms with E-state index in [4.69, 9.17) is 16.0 Å². The minimum Gasteiger partial charge on any atom is -0.451 e. The molecule has 1 aromatic carbocycles. The number of hydrogen-bond acceptors (Lipinski definition) is 5. The highest BCUT2D eigenvalue weighted by Gasteiger charge is 2.26. The molecule has 1 N–H and O–H groups in total. The van der Waals surface area contributed by atoms with Crippen LogP contribution in [0.5, 0.6) is 0 Å². The zero-order chi connectivity index (χ0) is 24.6. The zero-order valence-corrected chi connectivity index (χ0v) is 21.1. The molecule has 2 amide bonds. The standard InChI is InChI=1S/C27H25ClN4O3S/c28-19-7-6-18-13-22(35-21(18)14-19)27(34)31-11-8-17(9-12-31)3-2-10-29-26(33)23-15-20-16-30-24-4-1-5-25(36-23)32(20)24/h1,4-7,13-17H,2-3,8-12H2,(H,29,33). The molecular formula is C27H25ClN4O3S. The first kappa shape index (κ1) is 23.2. The highest BCUT2D eigenvalue weighted by atomic mass is 35.5. The van der Waals surface area contributed by atoms with E-state index in [0.717, 1.165) is 60.5 Å². The number of furan rings is 1. The smallest absolute Gasteiger partial charge is 0.289 e. The number of nitrogens with one attached hydrogen (secondary N) is 1. The van der Waals surface area contributed by atoms with Gasteiger partial charge in [0.25, 0.3) is 11.8 Å². The lowest BCUT2D eigenvalue weighted by Crippen LogP contribution is -2.38. The molecule has 1 saturated heterocycles. The number of amides is 2. The molecule has 7 nitrogen and oxygen atoms in total. The molecule has 9 heteroatoms. The fourth-order valence-corrected chi connectivity index (χ4v) is 6.14. The highest BCUT2D eigenvalue weighted by Crippen LogP contribution is 2.34. The molecule has 0 spiro atoms. The number of hydrogen-bond donors (Lipinski definition) is 1. The highest BCUT2D eigenvalue weighted by molar-refractivity contribution is 8.04. The normalized spacial score (nSPS) is 15.9. The third-order valence-electron chi connectivity index (χ3n) is 6.91. The second-order valence-electron chi connectivity index (χ2n) is 9.28. The number of carbonyl (C=O) groups is 2. The number of halogens is 1. The summed E-state index contributed by atoms with van der Waals surface area (Å²) in [6.45, 7) is 2.08. The van der Waals surface area contributed by atoms with Crippen molar-refractivity contribution in [1.82, 2.24) is 19.6 Å². The number of likely N-dealkylation sites (tertiary alicyclic amines) is 1. The monoisotopic (exact) mass is 520 g/mol. The Morgan fingerprint density at radius 2 is 2.03 bits per heavy atom. The van der Waals surface area contributed by atoms with Crippen LogP contribution >= 0.6 is 23.4 Å². The summed E-state index contributed by atoms with van der Waals surface area (Å²) >= 11 is 7.50. The fraction of sp³-hybridized carbons (Fsp3) is 0.296. The summed E-state index contributed by atoms with van der Waals surface area (Å²) in [4.78, 5) is 32.6. The van der Waals surface area contributed by atoms with Gasteiger partial charge < -0.3 is 14.6 Å². The van der Waals surface area contributed by atoms with Crippen molar-refractivity contribution in [2.45, 2.75) is 30.7 Å². The Morgan fingerprint density at radius 3 is 2.89 bits per heavy atom. The Balaban J connectivity index is 0.958. The molecule has 0 aliphatic carbocycles. The van der Waals surface area contributed by atoms with Crippen LogP contribution in [0.3, 0.4) is 0 Å². The summed E-state index contributed by atoms with van der Waals surface area (Å²) in [7, 11) is 0. The Morgan fingerprint density at radius 1 is 1.17 bits per heavy atom. The second-order valence-corrected chi connectivity index (χ2v) is 10.8. The van der Waals surface area contributed by atoms with Gasteiger partial charge in [-0.2, -0.15) is 0 Å². The van der Waals surface area contributed by atoms with Gasteiger partial charge in [0.15, 0.2) is 5.76 Å². The summed E-state index contributed by atoms with van der Waals surface area (Å²) in [5, 5.41) is 5.54. The number of nitrogens with zero attached hydrogens (tertiary/aromatic N) is 3. The minimum atomic E-state index is -0.0664. The van der Waals surface area contributed by atoms with Crippen molar-refractivity contribution in [2.24, 2.45) is 5.92 Å². The maximum Gasteiger partial charge on any atom is 0.289 e. The van der Waals surface area contributed by atoms with Crippen molar-refractivity contribution in [3.05, 3.63) is 70.0 Å². The fourth-order valence-electron chi connectivity index (χ4n) is 4.97. The van der Waals surface area contributed by atoms with Crippen LogP contribution < -0.4 is 5.32 Å². The molecule has 6 rings (SSSR count). The minimum absolute atomic E-state index is 0.0445. The van der Waals surface area contributed by atoms with Gasteiger partial charge in [0.2, 0.25) is 0 Å². The number of imidazole rings is 1. The van der Waals surface area contributed by atoms with Crippen LogP contribution in [0, 0.1) is 5.92 Å². The number of aromatic nitrogens is 2. The summed E-state index contributed by atoms with van der Waals surface area (Å²) in [6, 6.07) is 13.1. The summed E-state index contributed by atoms with van der Waals surface area (Å²) in [6.07, 6.45) is 7.56. The Labute approximate surface area is 217 Å². The lowest BCUT2D eigenvalue weighted by atomic mass is 9.92. The predicted octanol–water partition coefficient (Wildman–Crippen LogP) is 5.63. The Hall–Kier alpha value is -3.23. The van der Waals surface area contributed by atoms with E-state index in [-0.39, 0.29) is 11.8 Å². The molecular weight excluding hydrogens is 496 g/mol. The summed E-state index contributed by atoms with van der Waals surface area (Å²) in [5.41, 5.74) is 2.45. The number of benzene rings is 1. The second kappa shape index (κ2) is 9.67. The van der Waals surface area contributed by atoms with Gasteiger partial charge >= 0.3 is 0 Å².